The van der Waals surface area contributed by atoms with E-state index in [1.54, 1.807) is 12.5 Å². The fourth-order valence-electron chi connectivity index (χ4n) is 2.38. The minimum atomic E-state index is -0.0865. The summed E-state index contributed by atoms with van der Waals surface area (Å²) in [6.45, 7) is 1.76. The number of nitrogens with one attached hydrogen (secondary N) is 1. The van der Waals surface area contributed by atoms with Gasteiger partial charge in [0.25, 0.3) is 0 Å². The summed E-state index contributed by atoms with van der Waals surface area (Å²) in [5.74, 6) is -0.0601. The van der Waals surface area contributed by atoms with Crippen LogP contribution in [0.2, 0.25) is 0 Å². The van der Waals surface area contributed by atoms with Gasteiger partial charge in [0.1, 0.15) is 0 Å². The molecule has 6 nitrogen and oxygen atoms in total. The molecule has 2 rings (SSSR count). The first-order valence-corrected chi connectivity index (χ1v) is 7.16. The number of aryl methyl sites for hydroxylation is 2. The average Bonchev–Trinajstić information content (AvgIpc) is 2.89. The number of carbonyl (C=O) groups is 2. The zero-order valence-corrected chi connectivity index (χ0v) is 12.0. The summed E-state index contributed by atoms with van der Waals surface area (Å²) in [6, 6.07) is 0. The van der Waals surface area contributed by atoms with Crippen molar-refractivity contribution in [3.8, 4) is 0 Å². The van der Waals surface area contributed by atoms with Crippen LogP contribution in [0.4, 0.5) is 0 Å². The van der Waals surface area contributed by atoms with Crippen molar-refractivity contribution >= 4 is 11.8 Å². The highest BCUT2D eigenvalue weighted by Gasteiger charge is 2.16. The second-order valence-electron chi connectivity index (χ2n) is 5.21. The molecule has 1 aromatic heterocycles. The third-order valence-electron chi connectivity index (χ3n) is 3.67. The molecule has 0 unspecified atom stereocenters. The topological polar surface area (TPSA) is 67.2 Å². The van der Waals surface area contributed by atoms with Crippen LogP contribution in [0.1, 0.15) is 31.4 Å². The second-order valence-corrected chi connectivity index (χ2v) is 5.21. The van der Waals surface area contributed by atoms with Crippen LogP contribution in [0.5, 0.6) is 0 Å². The van der Waals surface area contributed by atoms with Crippen molar-refractivity contribution in [2.45, 2.75) is 32.1 Å². The quantitative estimate of drug-likeness (QED) is 0.852. The zero-order chi connectivity index (χ0) is 14.4. The van der Waals surface area contributed by atoms with E-state index in [-0.39, 0.29) is 18.4 Å². The van der Waals surface area contributed by atoms with Crippen molar-refractivity contribution in [1.82, 2.24) is 19.8 Å². The lowest BCUT2D eigenvalue weighted by Gasteiger charge is -2.26. The Morgan fingerprint density at radius 1 is 1.30 bits per heavy atom. The maximum absolute atomic E-state index is 11.9. The first-order valence-electron chi connectivity index (χ1n) is 7.16. The van der Waals surface area contributed by atoms with E-state index in [1.807, 2.05) is 16.5 Å². The summed E-state index contributed by atoms with van der Waals surface area (Å²) in [7, 11) is 1.90. The minimum absolute atomic E-state index is 0.0265. The van der Waals surface area contributed by atoms with Crippen molar-refractivity contribution in [3.05, 3.63) is 18.2 Å². The van der Waals surface area contributed by atoms with Crippen molar-refractivity contribution in [3.63, 3.8) is 0 Å². The molecule has 110 valence electrons. The Morgan fingerprint density at radius 3 is 2.70 bits per heavy atom. The Balaban J connectivity index is 1.67. The summed E-state index contributed by atoms with van der Waals surface area (Å²) >= 11 is 0. The third-order valence-corrected chi connectivity index (χ3v) is 3.67. The second kappa shape index (κ2) is 7.07. The van der Waals surface area contributed by atoms with E-state index in [1.165, 1.54) is 6.42 Å². The molecule has 2 heterocycles. The fourth-order valence-corrected chi connectivity index (χ4v) is 2.38. The maximum Gasteiger partial charge on any atom is 0.241 e. The van der Waals surface area contributed by atoms with Gasteiger partial charge in [-0.2, -0.15) is 0 Å². The van der Waals surface area contributed by atoms with Crippen molar-refractivity contribution in [1.29, 1.82) is 0 Å². The molecular formula is C14H22N4O2. The number of hydrogen-bond acceptors (Lipinski definition) is 3. The summed E-state index contributed by atoms with van der Waals surface area (Å²) in [5, 5.41) is 2.70. The van der Waals surface area contributed by atoms with Crippen molar-refractivity contribution in [2.24, 2.45) is 7.05 Å². The van der Waals surface area contributed by atoms with Gasteiger partial charge in [-0.05, 0) is 25.7 Å². The summed E-state index contributed by atoms with van der Waals surface area (Å²) in [4.78, 5) is 29.5. The van der Waals surface area contributed by atoms with Crippen LogP contribution < -0.4 is 5.32 Å². The molecular weight excluding hydrogens is 256 g/mol. The highest BCUT2D eigenvalue weighted by atomic mass is 16.2. The van der Waals surface area contributed by atoms with E-state index in [0.29, 0.717) is 12.8 Å². The number of aromatic nitrogens is 2. The summed E-state index contributed by atoms with van der Waals surface area (Å²) < 4.78 is 1.90. The standard InChI is InChI=1S/C14H22N4O2/c1-17-11-15-9-12(17)5-6-13(19)16-10-14(20)18-7-3-2-4-8-18/h9,11H,2-8,10H2,1H3,(H,16,19). The molecule has 1 aliphatic heterocycles. The van der Waals surface area contributed by atoms with Gasteiger partial charge in [-0.15, -0.1) is 0 Å². The molecule has 0 radical (unpaired) electrons. The van der Waals surface area contributed by atoms with E-state index >= 15 is 0 Å². The monoisotopic (exact) mass is 278 g/mol. The molecule has 0 aromatic carbocycles. The van der Waals surface area contributed by atoms with E-state index < -0.39 is 0 Å². The molecule has 0 saturated carbocycles. The lowest BCUT2D eigenvalue weighted by Crippen LogP contribution is -2.42. The van der Waals surface area contributed by atoms with Crippen LogP contribution >= 0.6 is 0 Å². The number of hydrogen-bond donors (Lipinski definition) is 1. The van der Waals surface area contributed by atoms with Gasteiger partial charge in [0.2, 0.25) is 11.8 Å². The molecule has 0 aliphatic carbocycles. The highest BCUT2D eigenvalue weighted by molar-refractivity contribution is 5.84. The van der Waals surface area contributed by atoms with Gasteiger partial charge in [-0.1, -0.05) is 0 Å². The number of likely N-dealkylation sites (tertiary alicyclic amines) is 1. The first-order chi connectivity index (χ1) is 9.66. The van der Waals surface area contributed by atoms with Crippen LogP contribution in [-0.2, 0) is 23.1 Å². The molecule has 20 heavy (non-hydrogen) atoms. The van der Waals surface area contributed by atoms with Crippen LogP contribution in [-0.4, -0.2) is 45.9 Å². The largest absolute Gasteiger partial charge is 0.347 e. The Labute approximate surface area is 119 Å². The van der Waals surface area contributed by atoms with Crippen molar-refractivity contribution in [2.75, 3.05) is 19.6 Å². The van der Waals surface area contributed by atoms with Gasteiger partial charge >= 0.3 is 0 Å². The first kappa shape index (κ1) is 14.6. The van der Waals surface area contributed by atoms with E-state index in [0.717, 1.165) is 31.6 Å². The SMILES string of the molecule is Cn1cncc1CCC(=O)NCC(=O)N1CCCCC1. The molecule has 1 aromatic rings. The Hall–Kier alpha value is -1.85. The molecule has 1 aliphatic rings. The fraction of sp³-hybridized carbons (Fsp3) is 0.643. The number of amides is 2. The smallest absolute Gasteiger partial charge is 0.241 e. The molecule has 1 N–H and O–H groups in total. The molecule has 1 fully saturated rings. The predicted octanol–water partition coefficient (Wildman–Crippen LogP) is 0.481. The van der Waals surface area contributed by atoms with Gasteiger partial charge in [-0.25, -0.2) is 4.98 Å². The lowest BCUT2D eigenvalue weighted by atomic mass is 10.1. The van der Waals surface area contributed by atoms with Gasteiger partial charge in [0.05, 0.1) is 12.9 Å². The molecule has 1 saturated heterocycles. The molecule has 0 spiro atoms. The van der Waals surface area contributed by atoms with Crippen molar-refractivity contribution < 1.29 is 9.59 Å². The Morgan fingerprint density at radius 2 is 2.05 bits per heavy atom. The summed E-state index contributed by atoms with van der Waals surface area (Å²) in [5.41, 5.74) is 1.02. The van der Waals surface area contributed by atoms with Crippen LogP contribution in [0.15, 0.2) is 12.5 Å². The average molecular weight is 278 g/mol. The number of piperidine rings is 1. The molecule has 0 bridgehead atoms. The molecule has 2 amide bonds. The number of rotatable bonds is 5. The van der Waals surface area contributed by atoms with Gasteiger partial charge in [0, 0.05) is 38.4 Å². The number of imidazole rings is 1. The van der Waals surface area contributed by atoms with E-state index in [4.69, 9.17) is 0 Å². The molecule has 6 heteroatoms. The number of carbonyl (C=O) groups excluding carboxylic acids is 2. The Kier molecular flexibility index (Phi) is 5.15. The van der Waals surface area contributed by atoms with Crippen LogP contribution in [0.3, 0.4) is 0 Å². The van der Waals surface area contributed by atoms with Gasteiger partial charge < -0.3 is 14.8 Å². The van der Waals surface area contributed by atoms with Gasteiger partial charge in [-0.3, -0.25) is 9.59 Å². The lowest BCUT2D eigenvalue weighted by molar-refractivity contribution is -0.133. The number of nitrogens with zero attached hydrogens (tertiary/aromatic N) is 3. The predicted molar refractivity (Wildman–Crippen MR) is 75.0 cm³/mol. The zero-order valence-electron chi connectivity index (χ0n) is 12.0. The minimum Gasteiger partial charge on any atom is -0.347 e. The maximum atomic E-state index is 11.9. The highest BCUT2D eigenvalue weighted by Crippen LogP contribution is 2.08. The normalized spacial score (nSPS) is 15.2. The molecule has 0 atom stereocenters. The third kappa shape index (κ3) is 4.08. The van der Waals surface area contributed by atoms with E-state index in [2.05, 4.69) is 10.3 Å². The Bertz CT molecular complexity index is 463. The summed E-state index contributed by atoms with van der Waals surface area (Å²) in [6.07, 6.45) is 7.83. The van der Waals surface area contributed by atoms with Gasteiger partial charge in [0.15, 0.2) is 0 Å². The van der Waals surface area contributed by atoms with E-state index in [9.17, 15) is 9.59 Å². The van der Waals surface area contributed by atoms with Crippen LogP contribution in [0.25, 0.3) is 0 Å². The van der Waals surface area contributed by atoms with Crippen LogP contribution in [0, 0.1) is 0 Å².